The number of halogens is 1. The standard InChI is InChI=1S/C21H28ClN5OS/c22-17-6-3-7-19(12-17)27-15-23-25-21(27)29-14-20(28)24-18-8-10-26(11-9-18)13-16-4-1-2-5-16/h3,6-7,12,15-16,18H,1-2,4-5,8-11,13-14H2,(H,24,28). The smallest absolute Gasteiger partial charge is 0.230 e. The summed E-state index contributed by atoms with van der Waals surface area (Å²) in [6.07, 6.45) is 9.33. The quantitative estimate of drug-likeness (QED) is 0.673. The molecule has 29 heavy (non-hydrogen) atoms. The van der Waals surface area contributed by atoms with Gasteiger partial charge in [-0.25, -0.2) is 0 Å². The lowest BCUT2D eigenvalue weighted by Gasteiger charge is -2.33. The Kier molecular flexibility index (Phi) is 7.11. The first-order valence-corrected chi connectivity index (χ1v) is 11.8. The van der Waals surface area contributed by atoms with Crippen molar-refractivity contribution in [3.63, 3.8) is 0 Å². The lowest BCUT2D eigenvalue weighted by molar-refractivity contribution is -0.119. The fraction of sp³-hybridized carbons (Fsp3) is 0.571. The van der Waals surface area contributed by atoms with Gasteiger partial charge in [-0.1, -0.05) is 42.3 Å². The molecule has 1 N–H and O–H groups in total. The molecular weight excluding hydrogens is 406 g/mol. The number of likely N-dealkylation sites (tertiary alicyclic amines) is 1. The van der Waals surface area contributed by atoms with Crippen molar-refractivity contribution in [2.24, 2.45) is 5.92 Å². The highest BCUT2D eigenvalue weighted by molar-refractivity contribution is 7.99. The van der Waals surface area contributed by atoms with Crippen molar-refractivity contribution in [1.29, 1.82) is 0 Å². The van der Waals surface area contributed by atoms with Crippen LogP contribution in [0.5, 0.6) is 0 Å². The molecule has 1 aliphatic carbocycles. The Morgan fingerprint density at radius 3 is 2.76 bits per heavy atom. The molecule has 1 saturated carbocycles. The van der Waals surface area contributed by atoms with Crippen molar-refractivity contribution in [1.82, 2.24) is 25.0 Å². The molecule has 0 atom stereocenters. The molecule has 0 bridgehead atoms. The van der Waals surface area contributed by atoms with Gasteiger partial charge in [-0.05, 0) is 49.8 Å². The fourth-order valence-electron chi connectivity index (χ4n) is 4.34. The number of nitrogens with zero attached hydrogens (tertiary/aromatic N) is 4. The minimum Gasteiger partial charge on any atom is -0.353 e. The summed E-state index contributed by atoms with van der Waals surface area (Å²) in [4.78, 5) is 15.0. The van der Waals surface area contributed by atoms with E-state index in [0.717, 1.165) is 37.5 Å². The number of amides is 1. The van der Waals surface area contributed by atoms with Crippen molar-refractivity contribution >= 4 is 29.3 Å². The highest BCUT2D eigenvalue weighted by Crippen LogP contribution is 2.26. The van der Waals surface area contributed by atoms with Crippen LogP contribution < -0.4 is 5.32 Å². The van der Waals surface area contributed by atoms with Gasteiger partial charge in [0.05, 0.1) is 11.4 Å². The molecule has 1 aromatic heterocycles. The van der Waals surface area contributed by atoms with E-state index in [1.165, 1.54) is 44.0 Å². The maximum atomic E-state index is 12.4. The Hall–Kier alpha value is -1.57. The molecule has 0 spiro atoms. The number of carbonyl (C=O) groups is 1. The topological polar surface area (TPSA) is 63.1 Å². The summed E-state index contributed by atoms with van der Waals surface area (Å²) in [6.45, 7) is 3.44. The van der Waals surface area contributed by atoms with Crippen LogP contribution in [0.2, 0.25) is 5.02 Å². The predicted octanol–water partition coefficient (Wildman–Crippen LogP) is 3.78. The molecule has 8 heteroatoms. The van der Waals surface area contributed by atoms with Crippen molar-refractivity contribution in [2.75, 3.05) is 25.4 Å². The maximum Gasteiger partial charge on any atom is 0.230 e. The van der Waals surface area contributed by atoms with Gasteiger partial charge >= 0.3 is 0 Å². The molecule has 1 aliphatic heterocycles. The van der Waals surface area contributed by atoms with Crippen LogP contribution in [0.15, 0.2) is 35.7 Å². The highest BCUT2D eigenvalue weighted by atomic mass is 35.5. The highest BCUT2D eigenvalue weighted by Gasteiger charge is 2.24. The van der Waals surface area contributed by atoms with Crippen molar-refractivity contribution < 1.29 is 4.79 Å². The first kappa shape index (κ1) is 20.7. The van der Waals surface area contributed by atoms with Crippen molar-refractivity contribution in [3.8, 4) is 5.69 Å². The van der Waals surface area contributed by atoms with Crippen LogP contribution >= 0.6 is 23.4 Å². The summed E-state index contributed by atoms with van der Waals surface area (Å²) in [6, 6.07) is 7.80. The second-order valence-electron chi connectivity index (χ2n) is 8.04. The van der Waals surface area contributed by atoms with E-state index in [9.17, 15) is 4.79 Å². The number of aromatic nitrogens is 3. The minimum atomic E-state index is 0.0601. The number of hydrogen-bond donors (Lipinski definition) is 1. The van der Waals surface area contributed by atoms with Gasteiger partial charge < -0.3 is 10.2 Å². The number of benzene rings is 1. The number of carbonyl (C=O) groups excluding carboxylic acids is 1. The van der Waals surface area contributed by atoms with Gasteiger partial charge in [0, 0.05) is 30.7 Å². The Balaban J connectivity index is 1.22. The van der Waals surface area contributed by atoms with Gasteiger partial charge in [0.15, 0.2) is 5.16 Å². The van der Waals surface area contributed by atoms with Gasteiger partial charge in [0.1, 0.15) is 6.33 Å². The molecule has 2 aromatic rings. The van der Waals surface area contributed by atoms with Gasteiger partial charge in [0.2, 0.25) is 5.91 Å². The second-order valence-corrected chi connectivity index (χ2v) is 9.42. The van der Waals surface area contributed by atoms with E-state index in [1.54, 1.807) is 6.33 Å². The summed E-state index contributed by atoms with van der Waals surface area (Å²) in [5.74, 6) is 1.29. The molecule has 1 aromatic carbocycles. The summed E-state index contributed by atoms with van der Waals surface area (Å²) < 4.78 is 1.85. The zero-order valence-corrected chi connectivity index (χ0v) is 18.2. The van der Waals surface area contributed by atoms with Crippen molar-refractivity contribution in [2.45, 2.75) is 49.7 Å². The third-order valence-corrected chi connectivity index (χ3v) is 7.06. The first-order valence-electron chi connectivity index (χ1n) is 10.5. The van der Waals surface area contributed by atoms with Crippen LogP contribution in [0.1, 0.15) is 38.5 Å². The van der Waals surface area contributed by atoms with Crippen LogP contribution in [0.3, 0.4) is 0 Å². The zero-order chi connectivity index (χ0) is 20.1. The Morgan fingerprint density at radius 1 is 1.21 bits per heavy atom. The van der Waals surface area contributed by atoms with E-state index < -0.39 is 0 Å². The lowest BCUT2D eigenvalue weighted by atomic mass is 10.0. The Bertz CT molecular complexity index is 815. The molecule has 2 aliphatic rings. The Labute approximate surface area is 181 Å². The molecule has 0 radical (unpaired) electrons. The number of rotatable bonds is 7. The van der Waals surface area contributed by atoms with Crippen LogP contribution in [0, 0.1) is 5.92 Å². The van der Waals surface area contributed by atoms with Crippen LogP contribution in [0.4, 0.5) is 0 Å². The van der Waals surface area contributed by atoms with Crippen LogP contribution in [0.25, 0.3) is 5.69 Å². The third-order valence-electron chi connectivity index (χ3n) is 5.88. The SMILES string of the molecule is O=C(CSc1nncn1-c1cccc(Cl)c1)NC1CCN(CC2CCCC2)CC1. The monoisotopic (exact) mass is 433 g/mol. The van der Waals surface area contributed by atoms with E-state index in [1.807, 2.05) is 28.8 Å². The normalized spacial score (nSPS) is 18.9. The fourth-order valence-corrected chi connectivity index (χ4v) is 5.27. The largest absolute Gasteiger partial charge is 0.353 e. The number of piperidine rings is 1. The molecular formula is C21H28ClN5OS. The molecule has 1 saturated heterocycles. The van der Waals surface area contributed by atoms with Crippen LogP contribution in [-0.2, 0) is 4.79 Å². The average Bonchev–Trinajstić information content (AvgIpc) is 3.40. The number of thioether (sulfide) groups is 1. The van der Waals surface area contributed by atoms with Gasteiger partial charge in [-0.3, -0.25) is 9.36 Å². The van der Waals surface area contributed by atoms with Gasteiger partial charge in [-0.15, -0.1) is 10.2 Å². The Morgan fingerprint density at radius 2 is 2.00 bits per heavy atom. The van der Waals surface area contributed by atoms with E-state index in [-0.39, 0.29) is 11.9 Å². The van der Waals surface area contributed by atoms with E-state index in [2.05, 4.69) is 20.4 Å². The van der Waals surface area contributed by atoms with Crippen molar-refractivity contribution in [3.05, 3.63) is 35.6 Å². The molecule has 0 unspecified atom stereocenters. The minimum absolute atomic E-state index is 0.0601. The lowest BCUT2D eigenvalue weighted by Crippen LogP contribution is -2.46. The third kappa shape index (κ3) is 5.74. The van der Waals surface area contributed by atoms with E-state index >= 15 is 0 Å². The predicted molar refractivity (Wildman–Crippen MR) is 117 cm³/mol. The molecule has 1 amide bonds. The summed E-state index contributed by atoms with van der Waals surface area (Å²) >= 11 is 7.48. The summed E-state index contributed by atoms with van der Waals surface area (Å²) in [7, 11) is 0. The van der Waals surface area contributed by atoms with Gasteiger partial charge in [0.25, 0.3) is 0 Å². The van der Waals surface area contributed by atoms with Gasteiger partial charge in [-0.2, -0.15) is 0 Å². The summed E-state index contributed by atoms with van der Waals surface area (Å²) in [5.41, 5.74) is 0.889. The maximum absolute atomic E-state index is 12.4. The molecule has 6 nitrogen and oxygen atoms in total. The molecule has 2 fully saturated rings. The number of nitrogens with one attached hydrogen (secondary N) is 1. The number of hydrogen-bond acceptors (Lipinski definition) is 5. The second kappa shape index (κ2) is 9.96. The van der Waals surface area contributed by atoms with E-state index in [4.69, 9.17) is 11.6 Å². The average molecular weight is 434 g/mol. The molecule has 2 heterocycles. The van der Waals surface area contributed by atoms with E-state index in [0.29, 0.717) is 15.9 Å². The zero-order valence-electron chi connectivity index (χ0n) is 16.6. The molecule has 4 rings (SSSR count). The van der Waals surface area contributed by atoms with Crippen LogP contribution in [-0.4, -0.2) is 57.0 Å². The first-order chi connectivity index (χ1) is 14.2. The summed E-state index contributed by atoms with van der Waals surface area (Å²) in [5, 5.41) is 12.7. The molecule has 156 valence electrons.